The van der Waals surface area contributed by atoms with Gasteiger partial charge in [0.2, 0.25) is 0 Å². The molecule has 1 N–H and O–H groups in total. The molecule has 2 aromatic heterocycles. The molecule has 0 amide bonds. The largest absolute Gasteiger partial charge is 0.508 e. The van der Waals surface area contributed by atoms with E-state index in [4.69, 9.17) is 21.1 Å². The molecule has 45 heavy (non-hydrogen) atoms. The maximum absolute atomic E-state index is 17.0. The van der Waals surface area contributed by atoms with Crippen molar-refractivity contribution >= 4 is 27.5 Å². The summed E-state index contributed by atoms with van der Waals surface area (Å²) in [5.41, 5.74) is 0.381. The van der Waals surface area contributed by atoms with Crippen molar-refractivity contribution in [2.45, 2.75) is 75.5 Å². The Kier molecular flexibility index (Phi) is 6.79. The quantitative estimate of drug-likeness (QED) is 0.265. The van der Waals surface area contributed by atoms with Gasteiger partial charge in [0, 0.05) is 36.5 Å². The maximum Gasteiger partial charge on any atom is 0.319 e. The Labute approximate surface area is 259 Å². The average Bonchev–Trinajstić information content (AvgIpc) is 3.38. The molecule has 0 aliphatic carbocycles. The van der Waals surface area contributed by atoms with Crippen LogP contribution in [0.2, 0.25) is 0 Å². The molecular formula is C35H34F3N5O2. The minimum Gasteiger partial charge on any atom is -0.508 e. The van der Waals surface area contributed by atoms with Gasteiger partial charge in [0.25, 0.3) is 0 Å². The van der Waals surface area contributed by atoms with Crippen molar-refractivity contribution in [1.82, 2.24) is 19.9 Å². The molecule has 6 heterocycles. The van der Waals surface area contributed by atoms with Gasteiger partial charge in [0.1, 0.15) is 41.4 Å². The first kappa shape index (κ1) is 28.4. The van der Waals surface area contributed by atoms with Crippen LogP contribution in [-0.2, 0) is 6.42 Å². The predicted octanol–water partition coefficient (Wildman–Crippen LogP) is 6.46. The Hall–Kier alpha value is -4.10. The molecule has 0 unspecified atom stereocenters. The molecular weight excluding hydrogens is 579 g/mol. The molecule has 4 aliphatic heterocycles. The first-order chi connectivity index (χ1) is 21.8. The highest BCUT2D eigenvalue weighted by atomic mass is 19.1. The van der Waals surface area contributed by atoms with Crippen molar-refractivity contribution in [2.24, 2.45) is 0 Å². The molecule has 232 valence electrons. The lowest BCUT2D eigenvalue weighted by Crippen LogP contribution is -2.43. The van der Waals surface area contributed by atoms with Crippen LogP contribution >= 0.6 is 0 Å². The van der Waals surface area contributed by atoms with Gasteiger partial charge in [-0.1, -0.05) is 24.8 Å². The number of nitrogens with zero attached hydrogens (tertiary/aromatic N) is 5. The van der Waals surface area contributed by atoms with E-state index >= 15 is 4.39 Å². The zero-order valence-electron chi connectivity index (χ0n) is 25.0. The summed E-state index contributed by atoms with van der Waals surface area (Å²) in [6.07, 6.45) is 12.6. The number of pyridine rings is 1. The van der Waals surface area contributed by atoms with Gasteiger partial charge in [-0.05, 0) is 68.7 Å². The number of hydrogen-bond donors (Lipinski definition) is 1. The SMILES string of the molecule is C#Cc1c(F)ccc2cc(O)cc(-c3nc4c5c(nc(OC[C@@]67CCCN6C[C@H](F)C7)nc5c3F)N3CCCCC[C@H]3CC4)c12. The van der Waals surface area contributed by atoms with Gasteiger partial charge >= 0.3 is 6.01 Å². The molecule has 10 heteroatoms. The van der Waals surface area contributed by atoms with Gasteiger partial charge in [-0.2, -0.15) is 9.97 Å². The Morgan fingerprint density at radius 1 is 1.04 bits per heavy atom. The van der Waals surface area contributed by atoms with Crippen LogP contribution < -0.4 is 9.64 Å². The van der Waals surface area contributed by atoms with Gasteiger partial charge in [-0.15, -0.1) is 6.42 Å². The fourth-order valence-corrected chi connectivity index (χ4v) is 8.30. The van der Waals surface area contributed by atoms with Crippen molar-refractivity contribution in [3.8, 4) is 35.4 Å². The first-order valence-electron chi connectivity index (χ1n) is 16.0. The molecule has 3 fully saturated rings. The van der Waals surface area contributed by atoms with Crippen LogP contribution in [0.4, 0.5) is 19.0 Å². The number of aryl methyl sites for hydroxylation is 1. The number of terminal acetylenes is 1. The second-order valence-corrected chi connectivity index (χ2v) is 13.0. The standard InChI is InChI=1S/C35H34F3N5O2/c1-2-24-26(37)10-8-20-15-23(44)16-25(28(20)24)31-30(38)32-29-27(39-31)11-9-22-7-4-3-5-14-43(22)33(29)41-34(40-32)45-19-35-12-6-13-42(35)18-21(36)17-35/h1,8,10,15-16,21-22,44H,3-7,9,11-14,17-19H2/t21-,22+,35+/m1/s1. The number of rotatable bonds is 4. The number of aromatic hydroxyl groups is 1. The number of halogens is 3. The minimum atomic E-state index is -0.905. The number of fused-ring (bicyclic) bond motifs is 4. The van der Waals surface area contributed by atoms with Crippen molar-refractivity contribution in [3.63, 3.8) is 0 Å². The number of hydrogen-bond acceptors (Lipinski definition) is 7. The minimum absolute atomic E-state index is 0.0291. The fraction of sp³-hybridized carbons (Fsp3) is 0.457. The lowest BCUT2D eigenvalue weighted by atomic mass is 9.95. The zero-order chi connectivity index (χ0) is 30.9. The van der Waals surface area contributed by atoms with Crippen LogP contribution in [-0.4, -0.2) is 69.0 Å². The molecule has 4 aromatic rings. The summed E-state index contributed by atoms with van der Waals surface area (Å²) in [5, 5.41) is 11.9. The molecule has 2 aromatic carbocycles. The molecule has 8 rings (SSSR count). The molecule has 0 saturated carbocycles. The van der Waals surface area contributed by atoms with E-state index in [1.165, 1.54) is 24.3 Å². The highest BCUT2D eigenvalue weighted by Gasteiger charge is 2.49. The number of ether oxygens (including phenoxy) is 1. The van der Waals surface area contributed by atoms with Gasteiger partial charge in [-0.25, -0.2) is 18.2 Å². The number of aromatic nitrogens is 3. The van der Waals surface area contributed by atoms with Gasteiger partial charge in [-0.3, -0.25) is 4.90 Å². The summed E-state index contributed by atoms with van der Waals surface area (Å²) in [4.78, 5) is 18.9. The van der Waals surface area contributed by atoms with E-state index in [2.05, 4.69) is 20.7 Å². The highest BCUT2D eigenvalue weighted by Crippen LogP contribution is 2.44. The van der Waals surface area contributed by atoms with Crippen LogP contribution in [0.3, 0.4) is 0 Å². The fourth-order valence-electron chi connectivity index (χ4n) is 8.30. The number of benzene rings is 2. The second kappa shape index (κ2) is 10.8. The van der Waals surface area contributed by atoms with Crippen molar-refractivity contribution in [1.29, 1.82) is 0 Å². The van der Waals surface area contributed by atoms with E-state index in [0.29, 0.717) is 47.1 Å². The van der Waals surface area contributed by atoms with Crippen molar-refractivity contribution in [2.75, 3.05) is 31.1 Å². The van der Waals surface area contributed by atoms with Gasteiger partial charge in [0.05, 0.1) is 22.2 Å². The Morgan fingerprint density at radius 3 is 2.80 bits per heavy atom. The van der Waals surface area contributed by atoms with Crippen molar-refractivity contribution < 1.29 is 23.0 Å². The molecule has 0 radical (unpaired) electrons. The van der Waals surface area contributed by atoms with E-state index in [0.717, 1.165) is 58.0 Å². The number of alkyl halides is 1. The third-order valence-corrected chi connectivity index (χ3v) is 10.4. The van der Waals surface area contributed by atoms with Crippen molar-refractivity contribution in [3.05, 3.63) is 47.2 Å². The normalized spacial score (nSPS) is 24.7. The molecule has 0 bridgehead atoms. The van der Waals surface area contributed by atoms with Crippen LogP contribution in [0.1, 0.15) is 62.6 Å². The molecule has 0 spiro atoms. The van der Waals surface area contributed by atoms with Gasteiger partial charge in [0.15, 0.2) is 5.82 Å². The molecule has 7 nitrogen and oxygen atoms in total. The molecule has 3 saturated heterocycles. The van der Waals surface area contributed by atoms with Crippen LogP contribution in [0.5, 0.6) is 11.8 Å². The van der Waals surface area contributed by atoms with E-state index in [1.54, 1.807) is 0 Å². The van der Waals surface area contributed by atoms with E-state index < -0.39 is 23.3 Å². The second-order valence-electron chi connectivity index (χ2n) is 13.0. The highest BCUT2D eigenvalue weighted by molar-refractivity contribution is 6.03. The van der Waals surface area contributed by atoms with E-state index in [1.807, 2.05) is 0 Å². The lowest BCUT2D eigenvalue weighted by Gasteiger charge is -2.32. The van der Waals surface area contributed by atoms with E-state index in [9.17, 15) is 13.9 Å². The Balaban J connectivity index is 1.33. The predicted molar refractivity (Wildman–Crippen MR) is 166 cm³/mol. The summed E-state index contributed by atoms with van der Waals surface area (Å²) >= 11 is 0. The summed E-state index contributed by atoms with van der Waals surface area (Å²) in [7, 11) is 0. The Morgan fingerprint density at radius 2 is 1.93 bits per heavy atom. The smallest absolute Gasteiger partial charge is 0.319 e. The van der Waals surface area contributed by atoms with Crippen LogP contribution in [0.25, 0.3) is 32.9 Å². The number of phenolic OH excluding ortho intramolecular Hbond substituents is 1. The monoisotopic (exact) mass is 613 g/mol. The Bertz CT molecular complexity index is 1890. The average molecular weight is 614 g/mol. The summed E-state index contributed by atoms with van der Waals surface area (Å²) in [6.45, 7) is 2.22. The molecule has 3 atom stereocenters. The van der Waals surface area contributed by atoms with Crippen LogP contribution in [0.15, 0.2) is 24.3 Å². The number of anilines is 1. The summed E-state index contributed by atoms with van der Waals surface area (Å²) in [6, 6.07) is 5.83. The maximum atomic E-state index is 17.0. The third-order valence-electron chi connectivity index (χ3n) is 10.4. The summed E-state index contributed by atoms with van der Waals surface area (Å²) in [5.74, 6) is 1.55. The third kappa shape index (κ3) is 4.58. The first-order valence-corrected chi connectivity index (χ1v) is 16.0. The van der Waals surface area contributed by atoms with Crippen LogP contribution in [0, 0.1) is 24.0 Å². The lowest BCUT2D eigenvalue weighted by molar-refractivity contribution is 0.107. The van der Waals surface area contributed by atoms with E-state index in [-0.39, 0.29) is 46.7 Å². The van der Waals surface area contributed by atoms with Gasteiger partial charge < -0.3 is 14.7 Å². The summed E-state index contributed by atoms with van der Waals surface area (Å²) < 4.78 is 52.7. The molecule has 4 aliphatic rings. The topological polar surface area (TPSA) is 74.6 Å². The zero-order valence-corrected chi connectivity index (χ0v) is 25.0. The number of phenols is 1.